The van der Waals surface area contributed by atoms with E-state index in [0.717, 1.165) is 24.4 Å². The number of nitrogens with one attached hydrogen (secondary N) is 1. The molecule has 1 aromatic rings. The zero-order valence-corrected chi connectivity index (χ0v) is 15.1. The van der Waals surface area contributed by atoms with Crippen molar-refractivity contribution in [3.8, 4) is 0 Å². The largest absolute Gasteiger partial charge is 0.352 e. The van der Waals surface area contributed by atoms with Crippen molar-refractivity contribution < 1.29 is 4.79 Å². The van der Waals surface area contributed by atoms with E-state index in [1.165, 1.54) is 63.6 Å². The molecule has 132 valence electrons. The molecule has 24 heavy (non-hydrogen) atoms. The SMILES string of the molecule is CN1CCC(Cc2ccc(C(=O)NCC3CCCCC3)cc2)CC1. The van der Waals surface area contributed by atoms with E-state index in [-0.39, 0.29) is 5.91 Å². The van der Waals surface area contributed by atoms with E-state index in [9.17, 15) is 4.79 Å². The topological polar surface area (TPSA) is 32.3 Å². The molecule has 1 amide bonds. The Kier molecular flexibility index (Phi) is 6.30. The zero-order valence-electron chi connectivity index (χ0n) is 15.1. The molecule has 1 aromatic carbocycles. The van der Waals surface area contributed by atoms with Crippen LogP contribution in [-0.4, -0.2) is 37.5 Å². The van der Waals surface area contributed by atoms with Gasteiger partial charge in [0.1, 0.15) is 0 Å². The number of carbonyl (C=O) groups excluding carboxylic acids is 1. The van der Waals surface area contributed by atoms with Crippen LogP contribution < -0.4 is 5.32 Å². The highest BCUT2D eigenvalue weighted by molar-refractivity contribution is 5.94. The first-order valence-electron chi connectivity index (χ1n) is 9.76. The molecule has 3 rings (SSSR count). The van der Waals surface area contributed by atoms with Crippen molar-refractivity contribution in [2.24, 2.45) is 11.8 Å². The second-order valence-corrected chi connectivity index (χ2v) is 7.86. The Morgan fingerprint density at radius 1 is 1.00 bits per heavy atom. The predicted molar refractivity (Wildman–Crippen MR) is 99.3 cm³/mol. The molecule has 3 nitrogen and oxygen atoms in total. The lowest BCUT2D eigenvalue weighted by atomic mass is 9.89. The standard InChI is InChI=1S/C21H32N2O/c1-23-13-11-18(12-14-23)15-17-7-9-20(10-8-17)21(24)22-16-19-5-3-2-4-6-19/h7-10,18-19H,2-6,11-16H2,1H3,(H,22,24). The monoisotopic (exact) mass is 328 g/mol. The minimum Gasteiger partial charge on any atom is -0.352 e. The van der Waals surface area contributed by atoms with Gasteiger partial charge in [-0.05, 0) is 81.8 Å². The fourth-order valence-corrected chi connectivity index (χ4v) is 4.12. The third-order valence-corrected chi connectivity index (χ3v) is 5.85. The van der Waals surface area contributed by atoms with Gasteiger partial charge < -0.3 is 10.2 Å². The normalized spacial score (nSPS) is 20.9. The minimum atomic E-state index is 0.0893. The lowest BCUT2D eigenvalue weighted by Gasteiger charge is -2.28. The molecular formula is C21H32N2O. The van der Waals surface area contributed by atoms with E-state index in [0.29, 0.717) is 5.92 Å². The molecule has 2 fully saturated rings. The summed E-state index contributed by atoms with van der Waals surface area (Å²) in [6.45, 7) is 3.27. The molecule has 1 N–H and O–H groups in total. The Labute approximate surface area is 146 Å². The summed E-state index contributed by atoms with van der Waals surface area (Å²) in [5.74, 6) is 1.57. The first kappa shape index (κ1) is 17.5. The molecule has 0 unspecified atom stereocenters. The number of carbonyl (C=O) groups is 1. The van der Waals surface area contributed by atoms with Crippen LogP contribution in [0.4, 0.5) is 0 Å². The molecule has 1 aliphatic carbocycles. The molecule has 3 heteroatoms. The quantitative estimate of drug-likeness (QED) is 0.889. The van der Waals surface area contributed by atoms with Gasteiger partial charge in [-0.1, -0.05) is 31.4 Å². The molecule has 0 spiro atoms. The Morgan fingerprint density at radius 3 is 2.33 bits per heavy atom. The van der Waals surface area contributed by atoms with E-state index >= 15 is 0 Å². The molecule has 0 aromatic heterocycles. The third kappa shape index (κ3) is 5.07. The number of likely N-dealkylation sites (tertiary alicyclic amines) is 1. The molecule has 1 saturated heterocycles. The fraction of sp³-hybridized carbons (Fsp3) is 0.667. The zero-order chi connectivity index (χ0) is 16.8. The maximum atomic E-state index is 12.3. The summed E-state index contributed by atoms with van der Waals surface area (Å²) in [5.41, 5.74) is 2.17. The lowest BCUT2D eigenvalue weighted by Crippen LogP contribution is -2.31. The van der Waals surface area contributed by atoms with Crippen LogP contribution in [0.5, 0.6) is 0 Å². The van der Waals surface area contributed by atoms with Gasteiger partial charge in [-0.15, -0.1) is 0 Å². The number of rotatable bonds is 5. The van der Waals surface area contributed by atoms with Gasteiger partial charge in [0.25, 0.3) is 5.91 Å². The van der Waals surface area contributed by atoms with Crippen molar-refractivity contribution in [1.82, 2.24) is 10.2 Å². The van der Waals surface area contributed by atoms with E-state index in [4.69, 9.17) is 0 Å². The van der Waals surface area contributed by atoms with Crippen LogP contribution in [-0.2, 0) is 6.42 Å². The van der Waals surface area contributed by atoms with Crippen LogP contribution in [0.1, 0.15) is 60.9 Å². The number of hydrogen-bond acceptors (Lipinski definition) is 2. The summed E-state index contributed by atoms with van der Waals surface area (Å²) in [6.07, 6.45) is 10.3. The number of nitrogens with zero attached hydrogens (tertiary/aromatic N) is 1. The Hall–Kier alpha value is -1.35. The second-order valence-electron chi connectivity index (χ2n) is 7.86. The van der Waals surface area contributed by atoms with Gasteiger partial charge in [-0.25, -0.2) is 0 Å². The minimum absolute atomic E-state index is 0.0893. The molecule has 0 radical (unpaired) electrons. The van der Waals surface area contributed by atoms with Gasteiger partial charge in [0.05, 0.1) is 0 Å². The van der Waals surface area contributed by atoms with E-state index < -0.39 is 0 Å². The van der Waals surface area contributed by atoms with Gasteiger partial charge in [-0.3, -0.25) is 4.79 Å². The maximum absolute atomic E-state index is 12.3. The predicted octanol–water partition coefficient (Wildman–Crippen LogP) is 3.88. The summed E-state index contributed by atoms with van der Waals surface area (Å²) < 4.78 is 0. The summed E-state index contributed by atoms with van der Waals surface area (Å²) >= 11 is 0. The molecular weight excluding hydrogens is 296 g/mol. The van der Waals surface area contributed by atoms with Crippen molar-refractivity contribution in [3.63, 3.8) is 0 Å². The van der Waals surface area contributed by atoms with Crippen molar-refractivity contribution in [1.29, 1.82) is 0 Å². The van der Waals surface area contributed by atoms with Crippen LogP contribution in [0.2, 0.25) is 0 Å². The Morgan fingerprint density at radius 2 is 1.67 bits per heavy atom. The maximum Gasteiger partial charge on any atom is 0.251 e. The van der Waals surface area contributed by atoms with Gasteiger partial charge >= 0.3 is 0 Å². The summed E-state index contributed by atoms with van der Waals surface area (Å²) in [5, 5.41) is 3.13. The van der Waals surface area contributed by atoms with Crippen LogP contribution >= 0.6 is 0 Å². The Bertz CT molecular complexity index is 511. The van der Waals surface area contributed by atoms with E-state index in [2.05, 4.69) is 29.4 Å². The van der Waals surface area contributed by atoms with Gasteiger partial charge in [0.15, 0.2) is 0 Å². The lowest BCUT2D eigenvalue weighted by molar-refractivity contribution is 0.0943. The van der Waals surface area contributed by atoms with Crippen molar-refractivity contribution >= 4 is 5.91 Å². The second kappa shape index (κ2) is 8.66. The number of hydrogen-bond donors (Lipinski definition) is 1. The highest BCUT2D eigenvalue weighted by Gasteiger charge is 2.17. The highest BCUT2D eigenvalue weighted by Crippen LogP contribution is 2.23. The number of amides is 1. The average Bonchev–Trinajstić information content (AvgIpc) is 2.63. The van der Waals surface area contributed by atoms with Crippen LogP contribution in [0.25, 0.3) is 0 Å². The van der Waals surface area contributed by atoms with Gasteiger partial charge in [0, 0.05) is 12.1 Å². The first-order chi connectivity index (χ1) is 11.7. The summed E-state index contributed by atoms with van der Waals surface area (Å²) in [4.78, 5) is 14.7. The molecule has 0 atom stereocenters. The summed E-state index contributed by atoms with van der Waals surface area (Å²) in [6, 6.07) is 8.29. The highest BCUT2D eigenvalue weighted by atomic mass is 16.1. The number of piperidine rings is 1. The molecule has 1 aliphatic heterocycles. The third-order valence-electron chi connectivity index (χ3n) is 5.85. The van der Waals surface area contributed by atoms with E-state index in [1.807, 2.05) is 12.1 Å². The first-order valence-corrected chi connectivity index (χ1v) is 9.76. The summed E-state index contributed by atoms with van der Waals surface area (Å²) in [7, 11) is 2.21. The van der Waals surface area contributed by atoms with Gasteiger partial charge in [-0.2, -0.15) is 0 Å². The van der Waals surface area contributed by atoms with Crippen molar-refractivity contribution in [3.05, 3.63) is 35.4 Å². The average molecular weight is 329 g/mol. The molecule has 1 heterocycles. The number of benzene rings is 1. The van der Waals surface area contributed by atoms with Crippen molar-refractivity contribution in [2.75, 3.05) is 26.7 Å². The smallest absolute Gasteiger partial charge is 0.251 e. The molecule has 2 aliphatic rings. The van der Waals surface area contributed by atoms with Gasteiger partial charge in [0.2, 0.25) is 0 Å². The van der Waals surface area contributed by atoms with Crippen LogP contribution in [0, 0.1) is 11.8 Å². The van der Waals surface area contributed by atoms with Crippen LogP contribution in [0.3, 0.4) is 0 Å². The van der Waals surface area contributed by atoms with Crippen LogP contribution in [0.15, 0.2) is 24.3 Å². The molecule has 0 bridgehead atoms. The fourth-order valence-electron chi connectivity index (χ4n) is 4.12. The van der Waals surface area contributed by atoms with Crippen molar-refractivity contribution in [2.45, 2.75) is 51.4 Å². The van der Waals surface area contributed by atoms with E-state index in [1.54, 1.807) is 0 Å². The Balaban J connectivity index is 1.45. The molecule has 1 saturated carbocycles.